The van der Waals surface area contributed by atoms with Crippen LogP contribution in [0.15, 0.2) is 205 Å². The van der Waals surface area contributed by atoms with Crippen LogP contribution in [0.2, 0.25) is 0 Å². The number of fused-ring (bicyclic) bond motifs is 6. The lowest BCUT2D eigenvalue weighted by atomic mass is 9.94. The lowest BCUT2D eigenvalue weighted by Gasteiger charge is -2.26. The second kappa shape index (κ2) is 12.5. The predicted octanol–water partition coefficient (Wildman–Crippen LogP) is 14.4. The third-order valence-corrected chi connectivity index (χ3v) is 10.3. The third-order valence-electron chi connectivity index (χ3n) is 10.3. The molecule has 10 rings (SSSR count). The molecule has 0 fully saturated rings. The van der Waals surface area contributed by atoms with E-state index in [1.54, 1.807) is 0 Å². The van der Waals surface area contributed by atoms with Crippen LogP contribution in [0.1, 0.15) is 0 Å². The van der Waals surface area contributed by atoms with Gasteiger partial charge in [0.25, 0.3) is 0 Å². The normalized spacial score (nSPS) is 11.5. The molecule has 0 unspecified atom stereocenters. The number of rotatable bonds is 6. The SMILES string of the molecule is c1ccc(-c2ccccc2-c2ccc(N(c3ccc4c(c3)oc3c(-c5ccccc5)cccc34)c3ccc4ccc5ccccc5c4c3)cc2)cc1. The Bertz CT molecular complexity index is 2890. The molecule has 0 N–H and O–H groups in total. The standard InChI is InChI=1S/C50H33NO/c1-3-12-34(13-4-1)42-17-9-10-18-43(42)37-24-27-39(28-25-37)51(40-29-26-38-23-22-36-16-7-8-19-44(36)48(38)32-40)41-30-31-46-47-21-11-20-45(35-14-5-2-6-15-35)50(47)52-49(46)33-41/h1-33H. The second-order valence-electron chi connectivity index (χ2n) is 13.3. The highest BCUT2D eigenvalue weighted by molar-refractivity contribution is 6.11. The average molecular weight is 664 g/mol. The summed E-state index contributed by atoms with van der Waals surface area (Å²) in [7, 11) is 0. The molecule has 0 amide bonds. The fraction of sp³-hybridized carbons (Fsp3) is 0. The summed E-state index contributed by atoms with van der Waals surface area (Å²) in [6, 6.07) is 71.6. The largest absolute Gasteiger partial charge is 0.455 e. The molecular formula is C50H33NO. The molecule has 0 aliphatic heterocycles. The molecule has 52 heavy (non-hydrogen) atoms. The lowest BCUT2D eigenvalue weighted by Crippen LogP contribution is -2.09. The average Bonchev–Trinajstić information content (AvgIpc) is 3.60. The first-order valence-corrected chi connectivity index (χ1v) is 17.8. The Hall–Kier alpha value is -6.90. The van der Waals surface area contributed by atoms with Crippen molar-refractivity contribution in [1.82, 2.24) is 0 Å². The highest BCUT2D eigenvalue weighted by Crippen LogP contribution is 2.43. The van der Waals surface area contributed by atoms with Crippen LogP contribution in [0, 0.1) is 0 Å². The minimum atomic E-state index is 0.862. The number of nitrogens with zero attached hydrogens (tertiary/aromatic N) is 1. The summed E-state index contributed by atoms with van der Waals surface area (Å²) in [4.78, 5) is 2.35. The van der Waals surface area contributed by atoms with E-state index in [9.17, 15) is 0 Å². The Morgan fingerprint density at radius 1 is 0.308 bits per heavy atom. The molecular weight excluding hydrogens is 631 g/mol. The molecule has 1 aromatic heterocycles. The lowest BCUT2D eigenvalue weighted by molar-refractivity contribution is 0.670. The van der Waals surface area contributed by atoms with Gasteiger partial charge in [-0.2, -0.15) is 0 Å². The molecule has 0 saturated carbocycles. The van der Waals surface area contributed by atoms with Crippen molar-refractivity contribution in [2.45, 2.75) is 0 Å². The molecule has 0 saturated heterocycles. The molecule has 0 radical (unpaired) electrons. The van der Waals surface area contributed by atoms with Crippen molar-refractivity contribution >= 4 is 60.5 Å². The van der Waals surface area contributed by atoms with E-state index in [1.165, 1.54) is 43.8 Å². The summed E-state index contributed by atoms with van der Waals surface area (Å²) in [6.45, 7) is 0. The Labute approximate surface area is 302 Å². The molecule has 2 nitrogen and oxygen atoms in total. The first-order valence-electron chi connectivity index (χ1n) is 17.8. The van der Waals surface area contributed by atoms with E-state index in [0.717, 1.165) is 50.1 Å². The monoisotopic (exact) mass is 663 g/mol. The van der Waals surface area contributed by atoms with Gasteiger partial charge in [0.2, 0.25) is 0 Å². The molecule has 2 heteroatoms. The number of furan rings is 1. The smallest absolute Gasteiger partial charge is 0.143 e. The molecule has 0 spiro atoms. The predicted molar refractivity (Wildman–Crippen MR) is 220 cm³/mol. The van der Waals surface area contributed by atoms with E-state index >= 15 is 0 Å². The first-order chi connectivity index (χ1) is 25.8. The van der Waals surface area contributed by atoms with Gasteiger partial charge in [-0.25, -0.2) is 0 Å². The van der Waals surface area contributed by atoms with E-state index in [0.29, 0.717) is 0 Å². The van der Waals surface area contributed by atoms with Gasteiger partial charge in [-0.1, -0.05) is 158 Å². The van der Waals surface area contributed by atoms with Crippen molar-refractivity contribution in [3.63, 3.8) is 0 Å². The molecule has 0 atom stereocenters. The minimum Gasteiger partial charge on any atom is -0.455 e. The zero-order valence-corrected chi connectivity index (χ0v) is 28.4. The van der Waals surface area contributed by atoms with Gasteiger partial charge in [0.15, 0.2) is 0 Å². The van der Waals surface area contributed by atoms with Crippen LogP contribution in [-0.4, -0.2) is 0 Å². The number of anilines is 3. The maximum atomic E-state index is 6.73. The van der Waals surface area contributed by atoms with Crippen molar-refractivity contribution in [3.05, 3.63) is 200 Å². The van der Waals surface area contributed by atoms with E-state index in [-0.39, 0.29) is 0 Å². The van der Waals surface area contributed by atoms with Crippen molar-refractivity contribution in [2.24, 2.45) is 0 Å². The van der Waals surface area contributed by atoms with Crippen LogP contribution in [0.3, 0.4) is 0 Å². The van der Waals surface area contributed by atoms with E-state index in [4.69, 9.17) is 4.42 Å². The maximum absolute atomic E-state index is 6.73. The van der Waals surface area contributed by atoms with Gasteiger partial charge < -0.3 is 9.32 Å². The number of hydrogen-bond acceptors (Lipinski definition) is 2. The highest BCUT2D eigenvalue weighted by Gasteiger charge is 2.18. The molecule has 9 aromatic carbocycles. The van der Waals surface area contributed by atoms with Crippen LogP contribution in [0.4, 0.5) is 17.1 Å². The van der Waals surface area contributed by atoms with E-state index in [1.807, 2.05) is 6.07 Å². The molecule has 0 bridgehead atoms. The molecule has 0 aliphatic rings. The minimum absolute atomic E-state index is 0.862. The zero-order chi connectivity index (χ0) is 34.4. The Kier molecular flexibility index (Phi) is 7.18. The van der Waals surface area contributed by atoms with Crippen molar-refractivity contribution in [2.75, 3.05) is 4.90 Å². The highest BCUT2D eigenvalue weighted by atomic mass is 16.3. The quantitative estimate of drug-likeness (QED) is 0.165. The van der Waals surface area contributed by atoms with Crippen LogP contribution in [0.5, 0.6) is 0 Å². The Morgan fingerprint density at radius 3 is 1.58 bits per heavy atom. The van der Waals surface area contributed by atoms with Crippen molar-refractivity contribution in [1.29, 1.82) is 0 Å². The van der Waals surface area contributed by atoms with E-state index in [2.05, 4.69) is 199 Å². The Balaban J connectivity index is 1.14. The Morgan fingerprint density at radius 2 is 0.827 bits per heavy atom. The van der Waals surface area contributed by atoms with Gasteiger partial charge in [0, 0.05) is 39.5 Å². The van der Waals surface area contributed by atoms with Gasteiger partial charge in [0.1, 0.15) is 11.2 Å². The van der Waals surface area contributed by atoms with Crippen LogP contribution in [-0.2, 0) is 0 Å². The summed E-state index contributed by atoms with van der Waals surface area (Å²) < 4.78 is 6.73. The number of benzene rings is 9. The molecule has 1 heterocycles. The van der Waals surface area contributed by atoms with Crippen molar-refractivity contribution in [3.8, 4) is 33.4 Å². The second-order valence-corrected chi connectivity index (χ2v) is 13.3. The summed E-state index contributed by atoms with van der Waals surface area (Å²) in [5.74, 6) is 0. The van der Waals surface area contributed by atoms with Gasteiger partial charge >= 0.3 is 0 Å². The van der Waals surface area contributed by atoms with Gasteiger partial charge in [0.05, 0.1) is 0 Å². The molecule has 0 aliphatic carbocycles. The van der Waals surface area contributed by atoms with Gasteiger partial charge in [-0.3, -0.25) is 0 Å². The summed E-state index contributed by atoms with van der Waals surface area (Å²) in [5.41, 5.74) is 12.0. The fourth-order valence-electron chi connectivity index (χ4n) is 7.74. The van der Waals surface area contributed by atoms with Gasteiger partial charge in [-0.05, 0) is 85.8 Å². The van der Waals surface area contributed by atoms with Gasteiger partial charge in [-0.15, -0.1) is 0 Å². The van der Waals surface area contributed by atoms with Crippen LogP contribution >= 0.6 is 0 Å². The third kappa shape index (κ3) is 5.12. The summed E-state index contributed by atoms with van der Waals surface area (Å²) in [5, 5.41) is 7.15. The molecule has 244 valence electrons. The fourth-order valence-corrected chi connectivity index (χ4v) is 7.74. The summed E-state index contributed by atoms with van der Waals surface area (Å²) >= 11 is 0. The van der Waals surface area contributed by atoms with E-state index < -0.39 is 0 Å². The van der Waals surface area contributed by atoms with Crippen LogP contribution in [0.25, 0.3) is 76.9 Å². The number of hydrogen-bond donors (Lipinski definition) is 0. The van der Waals surface area contributed by atoms with Crippen molar-refractivity contribution < 1.29 is 4.42 Å². The maximum Gasteiger partial charge on any atom is 0.143 e. The topological polar surface area (TPSA) is 16.4 Å². The molecule has 10 aromatic rings. The zero-order valence-electron chi connectivity index (χ0n) is 28.4. The van der Waals surface area contributed by atoms with Crippen LogP contribution < -0.4 is 4.90 Å². The first kappa shape index (κ1) is 30.0. The number of para-hydroxylation sites is 1. The summed E-state index contributed by atoms with van der Waals surface area (Å²) in [6.07, 6.45) is 0.